The molecule has 4 rings (SSSR count). The van der Waals surface area contributed by atoms with Crippen LogP contribution in [-0.4, -0.2) is 20.0 Å². The highest BCUT2D eigenvalue weighted by Gasteiger charge is 2.12. The number of nitrogens with zero attached hydrogens (tertiary/aromatic N) is 2. The van der Waals surface area contributed by atoms with Crippen molar-refractivity contribution in [2.45, 2.75) is 6.61 Å². The number of amides is 1. The lowest BCUT2D eigenvalue weighted by molar-refractivity contribution is -0.112. The minimum absolute atomic E-state index is 0.0276. The van der Waals surface area contributed by atoms with Crippen LogP contribution in [0.5, 0.6) is 5.75 Å². The summed E-state index contributed by atoms with van der Waals surface area (Å²) in [5, 5.41) is 14.3. The Morgan fingerprint density at radius 2 is 1.59 bits per heavy atom. The highest BCUT2D eigenvalue weighted by Crippen LogP contribution is 2.30. The molecule has 34 heavy (non-hydrogen) atoms. The van der Waals surface area contributed by atoms with Crippen LogP contribution >= 0.6 is 0 Å². The summed E-state index contributed by atoms with van der Waals surface area (Å²) in [6.07, 6.45) is 1.62. The van der Waals surface area contributed by atoms with E-state index in [-0.39, 0.29) is 5.57 Å². The van der Waals surface area contributed by atoms with Gasteiger partial charge in [-0.15, -0.1) is 0 Å². The van der Waals surface area contributed by atoms with Gasteiger partial charge in [-0.25, -0.2) is 0 Å². The van der Waals surface area contributed by atoms with Crippen molar-refractivity contribution in [3.63, 3.8) is 0 Å². The number of benzene rings is 4. The van der Waals surface area contributed by atoms with E-state index in [4.69, 9.17) is 4.74 Å². The van der Waals surface area contributed by atoms with Crippen molar-refractivity contribution >= 4 is 34.1 Å². The van der Waals surface area contributed by atoms with E-state index in [1.807, 2.05) is 116 Å². The Hall–Kier alpha value is -4.56. The molecule has 0 unspecified atom stereocenters. The van der Waals surface area contributed by atoms with Gasteiger partial charge in [-0.05, 0) is 52.9 Å². The second-order valence-corrected chi connectivity index (χ2v) is 8.04. The third-order valence-corrected chi connectivity index (χ3v) is 5.46. The molecule has 0 saturated carbocycles. The van der Waals surface area contributed by atoms with Gasteiger partial charge >= 0.3 is 0 Å². The Bertz CT molecular complexity index is 1370. The van der Waals surface area contributed by atoms with Crippen LogP contribution in [0.15, 0.2) is 96.6 Å². The fourth-order valence-electron chi connectivity index (χ4n) is 3.63. The van der Waals surface area contributed by atoms with Crippen molar-refractivity contribution in [1.29, 1.82) is 5.26 Å². The quantitative estimate of drug-likeness (QED) is 0.277. The minimum Gasteiger partial charge on any atom is -0.488 e. The van der Waals surface area contributed by atoms with Gasteiger partial charge in [-0.1, -0.05) is 60.7 Å². The van der Waals surface area contributed by atoms with Crippen molar-refractivity contribution in [2.24, 2.45) is 0 Å². The normalized spacial score (nSPS) is 11.0. The molecule has 0 aliphatic carbocycles. The first-order valence-electron chi connectivity index (χ1n) is 10.9. The molecule has 0 aliphatic heterocycles. The van der Waals surface area contributed by atoms with Crippen LogP contribution in [0.3, 0.4) is 0 Å². The molecule has 5 heteroatoms. The molecule has 0 aliphatic rings. The summed E-state index contributed by atoms with van der Waals surface area (Å²) in [6, 6.07) is 31.0. The number of carbonyl (C=O) groups is 1. The fourth-order valence-corrected chi connectivity index (χ4v) is 3.63. The molecular weight excluding hydrogens is 422 g/mol. The summed E-state index contributed by atoms with van der Waals surface area (Å²) in [7, 11) is 3.90. The second-order valence-electron chi connectivity index (χ2n) is 8.04. The molecule has 0 saturated heterocycles. The van der Waals surface area contributed by atoms with E-state index in [1.54, 1.807) is 6.08 Å². The van der Waals surface area contributed by atoms with E-state index < -0.39 is 5.91 Å². The van der Waals surface area contributed by atoms with Crippen molar-refractivity contribution in [3.05, 3.63) is 108 Å². The number of fused-ring (bicyclic) bond motifs is 1. The average molecular weight is 448 g/mol. The summed E-state index contributed by atoms with van der Waals surface area (Å²) in [6.45, 7) is 0.457. The lowest BCUT2D eigenvalue weighted by Crippen LogP contribution is -2.14. The highest BCUT2D eigenvalue weighted by atomic mass is 16.5. The van der Waals surface area contributed by atoms with Crippen molar-refractivity contribution in [1.82, 2.24) is 0 Å². The van der Waals surface area contributed by atoms with Crippen LogP contribution in [0, 0.1) is 11.3 Å². The van der Waals surface area contributed by atoms with E-state index in [0.29, 0.717) is 12.3 Å². The molecule has 4 aromatic rings. The number of nitriles is 1. The number of nitrogens with one attached hydrogen (secondary N) is 1. The van der Waals surface area contributed by atoms with E-state index in [9.17, 15) is 10.1 Å². The molecule has 0 heterocycles. The van der Waals surface area contributed by atoms with Crippen LogP contribution in [0.2, 0.25) is 0 Å². The first-order valence-corrected chi connectivity index (χ1v) is 10.9. The molecule has 4 aromatic carbocycles. The molecule has 1 amide bonds. The smallest absolute Gasteiger partial charge is 0.266 e. The maximum atomic E-state index is 12.8. The van der Waals surface area contributed by atoms with Gasteiger partial charge < -0.3 is 15.0 Å². The molecule has 0 fully saturated rings. The number of carbonyl (C=O) groups excluding carboxylic acids is 1. The minimum atomic E-state index is -0.450. The van der Waals surface area contributed by atoms with Crippen LogP contribution in [-0.2, 0) is 11.4 Å². The predicted molar refractivity (Wildman–Crippen MR) is 138 cm³/mol. The van der Waals surface area contributed by atoms with Gasteiger partial charge in [-0.3, -0.25) is 4.79 Å². The molecule has 0 spiro atoms. The van der Waals surface area contributed by atoms with Gasteiger partial charge in [-0.2, -0.15) is 5.26 Å². The van der Waals surface area contributed by atoms with Crippen molar-refractivity contribution in [3.8, 4) is 11.8 Å². The number of hydrogen-bond acceptors (Lipinski definition) is 4. The Morgan fingerprint density at radius 3 is 2.26 bits per heavy atom. The zero-order valence-corrected chi connectivity index (χ0v) is 19.2. The standard InChI is InChI=1S/C29H25N3O2/c1-32(2)25-15-13-24(14-16-25)31-29(33)23(19-30)18-22-12-17-28(27-11-7-6-10-26(22)27)34-20-21-8-4-3-5-9-21/h3-18H,20H2,1-2H3,(H,31,33)/b23-18-. The number of ether oxygens (including phenoxy) is 1. The fraction of sp³-hybridized carbons (Fsp3) is 0.103. The lowest BCUT2D eigenvalue weighted by atomic mass is 10.0. The monoisotopic (exact) mass is 447 g/mol. The SMILES string of the molecule is CN(C)c1ccc(NC(=O)/C(C#N)=C\c2ccc(OCc3ccccc3)c3ccccc23)cc1. The molecular formula is C29H25N3O2. The number of rotatable bonds is 7. The molecule has 0 aromatic heterocycles. The Labute approximate surface area is 199 Å². The number of anilines is 2. The lowest BCUT2D eigenvalue weighted by Gasteiger charge is -2.13. The summed E-state index contributed by atoms with van der Waals surface area (Å²) in [5.41, 5.74) is 3.54. The topological polar surface area (TPSA) is 65.4 Å². The van der Waals surface area contributed by atoms with Gasteiger partial charge in [0.15, 0.2) is 0 Å². The third kappa shape index (κ3) is 5.25. The van der Waals surface area contributed by atoms with Crippen LogP contribution in [0.25, 0.3) is 16.8 Å². The maximum Gasteiger partial charge on any atom is 0.266 e. The van der Waals surface area contributed by atoms with Gasteiger partial charge in [0.2, 0.25) is 0 Å². The molecule has 168 valence electrons. The first-order chi connectivity index (χ1) is 16.5. The molecule has 0 atom stereocenters. The van der Waals surface area contributed by atoms with Crippen molar-refractivity contribution < 1.29 is 9.53 Å². The summed E-state index contributed by atoms with van der Waals surface area (Å²) < 4.78 is 6.08. The van der Waals surface area contributed by atoms with E-state index in [2.05, 4.69) is 5.32 Å². The van der Waals surface area contributed by atoms with Gasteiger partial charge in [0, 0.05) is 30.9 Å². The summed E-state index contributed by atoms with van der Waals surface area (Å²) >= 11 is 0. The first kappa shape index (κ1) is 22.6. The largest absolute Gasteiger partial charge is 0.488 e. The summed E-state index contributed by atoms with van der Waals surface area (Å²) in [4.78, 5) is 14.8. The predicted octanol–water partition coefficient (Wildman–Crippen LogP) is 6.03. The molecule has 0 radical (unpaired) electrons. The molecule has 5 nitrogen and oxygen atoms in total. The van der Waals surface area contributed by atoms with Gasteiger partial charge in [0.1, 0.15) is 24.0 Å². The molecule has 1 N–H and O–H groups in total. The molecule has 0 bridgehead atoms. The Morgan fingerprint density at radius 1 is 0.912 bits per heavy atom. The maximum absolute atomic E-state index is 12.8. The van der Waals surface area contributed by atoms with Crippen LogP contribution in [0.1, 0.15) is 11.1 Å². The van der Waals surface area contributed by atoms with Crippen molar-refractivity contribution in [2.75, 3.05) is 24.3 Å². The second kappa shape index (κ2) is 10.4. The van der Waals surface area contributed by atoms with Crippen LogP contribution in [0.4, 0.5) is 11.4 Å². The zero-order chi connectivity index (χ0) is 23.9. The highest BCUT2D eigenvalue weighted by molar-refractivity contribution is 6.11. The number of hydrogen-bond donors (Lipinski definition) is 1. The van der Waals surface area contributed by atoms with Crippen LogP contribution < -0.4 is 15.0 Å². The van der Waals surface area contributed by atoms with E-state index >= 15 is 0 Å². The third-order valence-electron chi connectivity index (χ3n) is 5.46. The van der Waals surface area contributed by atoms with E-state index in [1.165, 1.54) is 0 Å². The summed E-state index contributed by atoms with van der Waals surface area (Å²) in [5.74, 6) is 0.300. The van der Waals surface area contributed by atoms with Gasteiger partial charge in [0.25, 0.3) is 5.91 Å². The van der Waals surface area contributed by atoms with E-state index in [0.717, 1.165) is 33.3 Å². The van der Waals surface area contributed by atoms with Gasteiger partial charge in [0.05, 0.1) is 0 Å². The zero-order valence-electron chi connectivity index (χ0n) is 19.2. The average Bonchev–Trinajstić information content (AvgIpc) is 2.87. The Balaban J connectivity index is 1.58. The Kier molecular flexibility index (Phi) is 6.90.